The fourth-order valence-corrected chi connectivity index (χ4v) is 2.84. The fourth-order valence-electron chi connectivity index (χ4n) is 2.84. The molecule has 8 nitrogen and oxygen atoms in total. The van der Waals surface area contributed by atoms with Crippen LogP contribution in [0, 0.1) is 5.92 Å². The predicted octanol–water partition coefficient (Wildman–Crippen LogP) is -0.962. The molecule has 112 valence electrons. The summed E-state index contributed by atoms with van der Waals surface area (Å²) in [6, 6.07) is -0.492. The Balaban J connectivity index is 2.11. The second-order valence-electron chi connectivity index (χ2n) is 5.21. The molecule has 0 saturated heterocycles. The number of rotatable bonds is 3. The number of hydrogen-bond donors (Lipinski definition) is 4. The summed E-state index contributed by atoms with van der Waals surface area (Å²) in [6.45, 7) is 3.34. The smallest absolute Gasteiger partial charge is 0.279 e. The van der Waals surface area contributed by atoms with Gasteiger partial charge in [-0.05, 0) is 12.5 Å². The Kier molecular flexibility index (Phi) is 3.36. The van der Waals surface area contributed by atoms with E-state index in [1.807, 2.05) is 0 Å². The summed E-state index contributed by atoms with van der Waals surface area (Å²) in [5.74, 6) is -0.107. The van der Waals surface area contributed by atoms with Gasteiger partial charge in [-0.2, -0.15) is 0 Å². The van der Waals surface area contributed by atoms with Crippen LogP contribution >= 0.6 is 0 Å². The number of aliphatic hydroxyl groups is 3. The SMILES string of the molecule is C=Cc1nc2c(ncn2[C@@H]2C[C@H](CO)[C@@H](O)[C@H]2O)c(=O)[nH]1. The molecule has 3 rings (SSSR count). The third-order valence-electron chi connectivity index (χ3n) is 4.01. The highest BCUT2D eigenvalue weighted by Gasteiger charge is 2.42. The molecule has 2 heterocycles. The molecule has 0 aromatic carbocycles. The van der Waals surface area contributed by atoms with Crippen LogP contribution in [0.2, 0.25) is 0 Å². The molecule has 4 N–H and O–H groups in total. The van der Waals surface area contributed by atoms with Gasteiger partial charge >= 0.3 is 0 Å². The summed E-state index contributed by atoms with van der Waals surface area (Å²) in [5, 5.41) is 29.3. The van der Waals surface area contributed by atoms with E-state index in [4.69, 9.17) is 0 Å². The average molecular weight is 292 g/mol. The van der Waals surface area contributed by atoms with Crippen molar-refractivity contribution in [3.63, 3.8) is 0 Å². The van der Waals surface area contributed by atoms with E-state index in [2.05, 4.69) is 21.5 Å². The zero-order chi connectivity index (χ0) is 15.1. The van der Waals surface area contributed by atoms with Crippen molar-refractivity contribution in [3.05, 3.63) is 29.1 Å². The molecule has 0 radical (unpaired) electrons. The maximum atomic E-state index is 11.9. The van der Waals surface area contributed by atoms with Gasteiger partial charge in [0.15, 0.2) is 11.2 Å². The van der Waals surface area contributed by atoms with Crippen LogP contribution in [0.3, 0.4) is 0 Å². The van der Waals surface area contributed by atoms with Gasteiger partial charge in [-0.15, -0.1) is 0 Å². The van der Waals surface area contributed by atoms with E-state index in [1.54, 1.807) is 4.57 Å². The lowest BCUT2D eigenvalue weighted by molar-refractivity contribution is -0.00370. The van der Waals surface area contributed by atoms with Crippen LogP contribution in [0.25, 0.3) is 17.2 Å². The van der Waals surface area contributed by atoms with Crippen LogP contribution in [0.5, 0.6) is 0 Å². The summed E-state index contributed by atoms with van der Waals surface area (Å²) >= 11 is 0. The van der Waals surface area contributed by atoms with Gasteiger partial charge in [0.1, 0.15) is 11.9 Å². The van der Waals surface area contributed by atoms with E-state index < -0.39 is 24.2 Å². The van der Waals surface area contributed by atoms with Crippen molar-refractivity contribution >= 4 is 17.2 Å². The number of aromatic nitrogens is 4. The Bertz CT molecular complexity index is 737. The van der Waals surface area contributed by atoms with Crippen molar-refractivity contribution in [1.29, 1.82) is 0 Å². The Morgan fingerprint density at radius 1 is 1.48 bits per heavy atom. The molecule has 21 heavy (non-hydrogen) atoms. The lowest BCUT2D eigenvalue weighted by Crippen LogP contribution is -2.30. The highest BCUT2D eigenvalue weighted by Crippen LogP contribution is 2.36. The van der Waals surface area contributed by atoms with Crippen molar-refractivity contribution in [2.75, 3.05) is 6.61 Å². The zero-order valence-corrected chi connectivity index (χ0v) is 11.2. The van der Waals surface area contributed by atoms with Gasteiger partial charge in [-0.1, -0.05) is 6.58 Å². The Morgan fingerprint density at radius 2 is 2.24 bits per heavy atom. The molecule has 4 atom stereocenters. The highest BCUT2D eigenvalue weighted by molar-refractivity contribution is 5.70. The van der Waals surface area contributed by atoms with E-state index in [-0.39, 0.29) is 17.7 Å². The topological polar surface area (TPSA) is 124 Å². The van der Waals surface area contributed by atoms with E-state index in [1.165, 1.54) is 12.4 Å². The van der Waals surface area contributed by atoms with E-state index in [0.717, 1.165) is 0 Å². The molecule has 0 unspecified atom stereocenters. The largest absolute Gasteiger partial charge is 0.396 e. The first-order valence-electron chi connectivity index (χ1n) is 6.63. The molecular formula is C13H16N4O4. The molecule has 0 spiro atoms. The van der Waals surface area contributed by atoms with E-state index in [0.29, 0.717) is 17.9 Å². The normalized spacial score (nSPS) is 29.1. The standard InChI is InChI=1S/C13H16N4O4/c1-2-8-15-12-9(13(21)16-8)14-5-17(12)7-3-6(4-18)10(19)11(7)20/h2,5-7,10-11,18-20H,1,3-4H2,(H,15,16,21)/t6-,7-,10-,11+/m1/s1. The summed E-state index contributed by atoms with van der Waals surface area (Å²) in [5.41, 5.74) is 0.0959. The number of aliphatic hydroxyl groups excluding tert-OH is 3. The van der Waals surface area contributed by atoms with Gasteiger partial charge in [0.2, 0.25) is 0 Å². The van der Waals surface area contributed by atoms with Crippen molar-refractivity contribution < 1.29 is 15.3 Å². The van der Waals surface area contributed by atoms with Crippen LogP contribution in [0.1, 0.15) is 18.3 Å². The van der Waals surface area contributed by atoms with E-state index in [9.17, 15) is 20.1 Å². The molecule has 1 saturated carbocycles. The van der Waals surface area contributed by atoms with Gasteiger partial charge < -0.3 is 24.9 Å². The highest BCUT2D eigenvalue weighted by atomic mass is 16.3. The summed E-state index contributed by atoms with van der Waals surface area (Å²) in [6.07, 6.45) is 1.14. The van der Waals surface area contributed by atoms with Gasteiger partial charge in [-0.3, -0.25) is 4.79 Å². The van der Waals surface area contributed by atoms with Crippen molar-refractivity contribution in [1.82, 2.24) is 19.5 Å². The minimum atomic E-state index is -1.05. The second-order valence-corrected chi connectivity index (χ2v) is 5.21. The van der Waals surface area contributed by atoms with Gasteiger partial charge in [0.25, 0.3) is 5.56 Å². The first-order valence-corrected chi connectivity index (χ1v) is 6.63. The molecule has 1 aliphatic carbocycles. The molecule has 2 aromatic rings. The fraction of sp³-hybridized carbons (Fsp3) is 0.462. The monoisotopic (exact) mass is 292 g/mol. The summed E-state index contributed by atoms with van der Waals surface area (Å²) in [4.78, 5) is 22.7. The number of nitrogens with one attached hydrogen (secondary N) is 1. The van der Waals surface area contributed by atoms with Crippen LogP contribution in [-0.4, -0.2) is 53.7 Å². The number of nitrogens with zero attached hydrogens (tertiary/aromatic N) is 3. The molecule has 8 heteroatoms. The average Bonchev–Trinajstić information content (AvgIpc) is 3.02. The second kappa shape index (κ2) is 5.06. The molecule has 2 aromatic heterocycles. The van der Waals surface area contributed by atoms with Crippen LogP contribution in [0.15, 0.2) is 17.7 Å². The quantitative estimate of drug-likeness (QED) is 0.577. The molecule has 1 fully saturated rings. The Hall–Kier alpha value is -2.03. The Morgan fingerprint density at radius 3 is 2.86 bits per heavy atom. The van der Waals surface area contributed by atoms with E-state index >= 15 is 0 Å². The predicted molar refractivity (Wildman–Crippen MR) is 74.5 cm³/mol. The minimum absolute atomic E-state index is 0.162. The maximum absolute atomic E-state index is 11.9. The molecule has 0 amide bonds. The van der Waals surface area contributed by atoms with Crippen molar-refractivity contribution in [2.24, 2.45) is 5.92 Å². The van der Waals surface area contributed by atoms with Crippen LogP contribution in [0.4, 0.5) is 0 Å². The lowest BCUT2D eigenvalue weighted by atomic mass is 10.1. The van der Waals surface area contributed by atoms with Gasteiger partial charge in [0.05, 0.1) is 18.5 Å². The molecule has 0 aliphatic heterocycles. The number of imidazole rings is 1. The maximum Gasteiger partial charge on any atom is 0.279 e. The molecule has 0 bridgehead atoms. The first-order chi connectivity index (χ1) is 10.1. The van der Waals surface area contributed by atoms with Crippen LogP contribution < -0.4 is 5.56 Å². The number of hydrogen-bond acceptors (Lipinski definition) is 6. The summed E-state index contributed by atoms with van der Waals surface area (Å²) in [7, 11) is 0. The molecular weight excluding hydrogens is 276 g/mol. The van der Waals surface area contributed by atoms with Crippen molar-refractivity contribution in [2.45, 2.75) is 24.7 Å². The van der Waals surface area contributed by atoms with Gasteiger partial charge in [-0.25, -0.2) is 9.97 Å². The third-order valence-corrected chi connectivity index (χ3v) is 4.01. The van der Waals surface area contributed by atoms with Gasteiger partial charge in [0, 0.05) is 12.5 Å². The minimum Gasteiger partial charge on any atom is -0.396 e. The molecule has 1 aliphatic rings. The van der Waals surface area contributed by atoms with Crippen molar-refractivity contribution in [3.8, 4) is 0 Å². The number of fused-ring (bicyclic) bond motifs is 1. The van der Waals surface area contributed by atoms with Crippen LogP contribution in [-0.2, 0) is 0 Å². The first kappa shape index (κ1) is 13.9. The lowest BCUT2D eigenvalue weighted by Gasteiger charge is -2.18. The number of aromatic amines is 1. The number of H-pyrrole nitrogens is 1. The summed E-state index contributed by atoms with van der Waals surface area (Å²) < 4.78 is 1.57. The zero-order valence-electron chi connectivity index (χ0n) is 11.2. The third kappa shape index (κ3) is 2.08. The Labute approximate surface area is 119 Å².